The van der Waals surface area contributed by atoms with E-state index in [2.05, 4.69) is 0 Å². The maximum Gasteiger partial charge on any atom is 0.337 e. The van der Waals surface area contributed by atoms with Crippen LogP contribution < -0.4 is 0 Å². The molecule has 6 aromatic rings. The quantitative estimate of drug-likeness (QED) is 0.109. The van der Waals surface area contributed by atoms with E-state index in [0.717, 1.165) is 16.2 Å². The fourth-order valence-corrected chi connectivity index (χ4v) is 5.86. The van der Waals surface area contributed by atoms with Crippen LogP contribution in [0.15, 0.2) is 66.7 Å². The molecular formula is C33H18O14. The summed E-state index contributed by atoms with van der Waals surface area (Å²) in [5, 5.41) is 68.5. The van der Waals surface area contributed by atoms with Gasteiger partial charge in [0.25, 0.3) is 0 Å². The second-order valence-electron chi connectivity index (χ2n) is 9.99. The van der Waals surface area contributed by atoms with E-state index in [1.807, 2.05) is 18.2 Å². The van der Waals surface area contributed by atoms with Crippen molar-refractivity contribution in [1.29, 1.82) is 0 Å². The molecule has 14 nitrogen and oxygen atoms in total. The monoisotopic (exact) mass is 638 g/mol. The molecule has 6 aromatic carbocycles. The highest BCUT2D eigenvalue weighted by Gasteiger charge is 2.33. The lowest BCUT2D eigenvalue weighted by atomic mass is 9.86. The minimum atomic E-state index is -1.83. The van der Waals surface area contributed by atoms with Crippen molar-refractivity contribution in [3.8, 4) is 0 Å². The Hall–Kier alpha value is -7.09. The SMILES string of the molecule is O=C(O)c1c(C(=O)O)c(C(=O)O)c2ccccc2c1C(=O)O.O=C(O)c1c(C(=O)O)c2ccc3cccc4ccc(c1C(=O)O)c2c34. The largest absolute Gasteiger partial charge is 0.478 e. The summed E-state index contributed by atoms with van der Waals surface area (Å²) >= 11 is 0. The molecule has 0 amide bonds. The van der Waals surface area contributed by atoms with Gasteiger partial charge in [-0.25, -0.2) is 33.6 Å². The van der Waals surface area contributed by atoms with Gasteiger partial charge in [0.1, 0.15) is 0 Å². The van der Waals surface area contributed by atoms with Crippen molar-refractivity contribution < 1.29 is 69.3 Å². The van der Waals surface area contributed by atoms with E-state index in [1.54, 1.807) is 12.1 Å². The molecule has 47 heavy (non-hydrogen) atoms. The van der Waals surface area contributed by atoms with Crippen molar-refractivity contribution in [3.63, 3.8) is 0 Å². The number of fused-ring (bicyclic) bond motifs is 1. The number of aromatic carboxylic acids is 7. The first-order valence-corrected chi connectivity index (χ1v) is 13.1. The third-order valence-corrected chi connectivity index (χ3v) is 7.53. The lowest BCUT2D eigenvalue weighted by Gasteiger charge is -2.17. The van der Waals surface area contributed by atoms with E-state index >= 15 is 0 Å². The zero-order valence-electron chi connectivity index (χ0n) is 23.3. The molecule has 7 N–H and O–H groups in total. The average molecular weight is 638 g/mol. The standard InChI is InChI=1S/C19H10O6.C14H8O8/c20-17(21)14-10-6-4-8-2-1-3-9-5-7-11(13(10)12(8)9)15(18(22)23)16(14)19(24)25;15-11(16)7-5-3-1-2-4-6(5)8(12(17)18)10(14(21)22)9(7)13(19)20/h1-7H,(H,20,21)(H,22,23)(H,24,25);1-4H,(H,15,16)(H,17,18)(H,19,20)(H,21,22). The topological polar surface area (TPSA) is 261 Å². The smallest absolute Gasteiger partial charge is 0.337 e. The first-order chi connectivity index (χ1) is 22.2. The van der Waals surface area contributed by atoms with Crippen LogP contribution in [0.1, 0.15) is 72.5 Å². The van der Waals surface area contributed by atoms with Gasteiger partial charge < -0.3 is 35.7 Å². The van der Waals surface area contributed by atoms with Gasteiger partial charge in [-0.2, -0.15) is 0 Å². The molecule has 0 atom stereocenters. The second kappa shape index (κ2) is 11.4. The summed E-state index contributed by atoms with van der Waals surface area (Å²) in [4.78, 5) is 80.8. The van der Waals surface area contributed by atoms with Crippen molar-refractivity contribution in [2.24, 2.45) is 0 Å². The van der Waals surface area contributed by atoms with Gasteiger partial charge in [-0.1, -0.05) is 66.7 Å². The minimum absolute atomic E-state index is 0.158. The van der Waals surface area contributed by atoms with E-state index in [1.165, 1.54) is 36.4 Å². The lowest BCUT2D eigenvalue weighted by molar-refractivity contribution is 0.0621. The molecule has 0 bridgehead atoms. The van der Waals surface area contributed by atoms with Crippen molar-refractivity contribution in [1.82, 2.24) is 0 Å². The first-order valence-electron chi connectivity index (χ1n) is 13.1. The lowest BCUT2D eigenvalue weighted by Crippen LogP contribution is -2.20. The van der Waals surface area contributed by atoms with Gasteiger partial charge in [0, 0.05) is 0 Å². The van der Waals surface area contributed by atoms with Crippen LogP contribution in [-0.2, 0) is 0 Å². The highest BCUT2D eigenvalue weighted by molar-refractivity contribution is 6.32. The number of rotatable bonds is 7. The van der Waals surface area contributed by atoms with E-state index in [4.69, 9.17) is 0 Å². The Morgan fingerprint density at radius 3 is 0.915 bits per heavy atom. The van der Waals surface area contributed by atoms with Crippen LogP contribution in [0.2, 0.25) is 0 Å². The van der Waals surface area contributed by atoms with Crippen molar-refractivity contribution in [2.75, 3.05) is 0 Å². The Balaban J connectivity index is 0.000000186. The van der Waals surface area contributed by atoms with Gasteiger partial charge in [-0.3, -0.25) is 0 Å². The third kappa shape index (κ3) is 4.91. The van der Waals surface area contributed by atoms with Crippen LogP contribution in [0.25, 0.3) is 43.1 Å². The Morgan fingerprint density at radius 1 is 0.298 bits per heavy atom. The van der Waals surface area contributed by atoms with Gasteiger partial charge >= 0.3 is 41.8 Å². The Bertz CT molecular complexity index is 2250. The molecule has 6 rings (SSSR count). The summed E-state index contributed by atoms with van der Waals surface area (Å²) in [5.74, 6) is -11.5. The molecule has 0 aliphatic carbocycles. The van der Waals surface area contributed by atoms with Crippen LogP contribution in [0.4, 0.5) is 0 Å². The van der Waals surface area contributed by atoms with Crippen LogP contribution in [0, 0.1) is 0 Å². The minimum Gasteiger partial charge on any atom is -0.478 e. The summed E-state index contributed by atoms with van der Waals surface area (Å²) in [6, 6.07) is 17.3. The number of carboxylic acid groups (broad SMARTS) is 7. The Labute approximate surface area is 259 Å². The molecule has 0 aromatic heterocycles. The van der Waals surface area contributed by atoms with E-state index in [9.17, 15) is 69.3 Å². The molecule has 0 saturated carbocycles. The van der Waals surface area contributed by atoms with Gasteiger partial charge in [-0.15, -0.1) is 0 Å². The zero-order valence-corrected chi connectivity index (χ0v) is 23.3. The molecule has 0 aliphatic rings. The zero-order chi connectivity index (χ0) is 34.5. The fraction of sp³-hybridized carbons (Fsp3) is 0. The van der Waals surface area contributed by atoms with Crippen LogP contribution >= 0.6 is 0 Å². The van der Waals surface area contributed by atoms with Crippen molar-refractivity contribution in [3.05, 3.63) is 106 Å². The molecule has 0 spiro atoms. The average Bonchev–Trinajstić information content (AvgIpc) is 3.01. The fourth-order valence-electron chi connectivity index (χ4n) is 5.86. The van der Waals surface area contributed by atoms with E-state index < -0.39 is 80.7 Å². The van der Waals surface area contributed by atoms with Gasteiger partial charge in [-0.05, 0) is 43.1 Å². The summed E-state index contributed by atoms with van der Waals surface area (Å²) in [5.41, 5.74) is -5.35. The Kier molecular flexibility index (Phi) is 7.63. The summed E-state index contributed by atoms with van der Waals surface area (Å²) in [6.07, 6.45) is 0. The highest BCUT2D eigenvalue weighted by atomic mass is 16.4. The summed E-state index contributed by atoms with van der Waals surface area (Å²) in [7, 11) is 0. The van der Waals surface area contributed by atoms with Crippen LogP contribution in [-0.4, -0.2) is 77.5 Å². The summed E-state index contributed by atoms with van der Waals surface area (Å²) in [6.45, 7) is 0. The molecule has 0 radical (unpaired) electrons. The van der Waals surface area contributed by atoms with Gasteiger partial charge in [0.05, 0.1) is 38.9 Å². The second-order valence-corrected chi connectivity index (χ2v) is 9.99. The van der Waals surface area contributed by atoms with E-state index in [0.29, 0.717) is 5.39 Å². The first kappa shape index (κ1) is 31.3. The normalized spacial score (nSPS) is 10.9. The summed E-state index contributed by atoms with van der Waals surface area (Å²) < 4.78 is 0. The van der Waals surface area contributed by atoms with Gasteiger partial charge in [0.15, 0.2) is 0 Å². The van der Waals surface area contributed by atoms with Crippen molar-refractivity contribution in [2.45, 2.75) is 0 Å². The number of carbonyl (C=O) groups is 7. The predicted octanol–water partition coefficient (Wildman–Crippen LogP) is 5.31. The molecule has 14 heteroatoms. The molecule has 234 valence electrons. The molecular weight excluding hydrogens is 620 g/mol. The molecule has 0 heterocycles. The number of carboxylic acids is 7. The van der Waals surface area contributed by atoms with E-state index in [-0.39, 0.29) is 21.5 Å². The Morgan fingerprint density at radius 2 is 0.596 bits per heavy atom. The van der Waals surface area contributed by atoms with Crippen LogP contribution in [0.5, 0.6) is 0 Å². The molecule has 0 aliphatic heterocycles. The number of hydrogen-bond donors (Lipinski definition) is 7. The van der Waals surface area contributed by atoms with Crippen molar-refractivity contribution >= 4 is 84.9 Å². The highest BCUT2D eigenvalue weighted by Crippen LogP contribution is 2.40. The molecule has 0 fully saturated rings. The van der Waals surface area contributed by atoms with Gasteiger partial charge in [0.2, 0.25) is 0 Å². The molecule has 0 saturated heterocycles. The predicted molar refractivity (Wildman–Crippen MR) is 163 cm³/mol. The molecule has 0 unspecified atom stereocenters. The van der Waals surface area contributed by atoms with Crippen LogP contribution in [0.3, 0.4) is 0 Å². The third-order valence-electron chi connectivity index (χ3n) is 7.53. The maximum atomic E-state index is 11.8. The maximum absolute atomic E-state index is 11.8. The number of hydrogen-bond acceptors (Lipinski definition) is 7. The number of benzene rings is 6.